The second-order valence-corrected chi connectivity index (χ2v) is 11.1. The number of carbonyl (C=O) groups is 3. The van der Waals surface area contributed by atoms with E-state index < -0.39 is 16.6 Å². The summed E-state index contributed by atoms with van der Waals surface area (Å²) in [5.41, 5.74) is 2.99. The highest BCUT2D eigenvalue weighted by Crippen LogP contribution is 2.23. The smallest absolute Gasteiger partial charge is 0.284 e. The summed E-state index contributed by atoms with van der Waals surface area (Å²) in [5.74, 6) is 4.53. The largest absolute Gasteiger partial charge is 0.507 e. The van der Waals surface area contributed by atoms with Gasteiger partial charge in [-0.05, 0) is 60.1 Å². The van der Waals surface area contributed by atoms with Gasteiger partial charge < -0.3 is 20.4 Å². The van der Waals surface area contributed by atoms with E-state index in [1.165, 1.54) is 28.0 Å². The number of rotatable bonds is 8. The van der Waals surface area contributed by atoms with E-state index in [0.717, 1.165) is 5.69 Å². The van der Waals surface area contributed by atoms with Crippen LogP contribution in [0.15, 0.2) is 82.3 Å². The summed E-state index contributed by atoms with van der Waals surface area (Å²) in [6, 6.07) is 16.7. The van der Waals surface area contributed by atoms with Crippen LogP contribution in [-0.2, 0) is 22.5 Å². The molecule has 0 radical (unpaired) electrons. The minimum atomic E-state index is -1.30. The van der Waals surface area contributed by atoms with Gasteiger partial charge in [-0.25, -0.2) is 0 Å². The topological polar surface area (TPSA) is 150 Å². The van der Waals surface area contributed by atoms with E-state index in [1.807, 2.05) is 6.92 Å². The number of phenols is 1. The molecule has 0 aliphatic rings. The molecule has 43 heavy (non-hydrogen) atoms. The summed E-state index contributed by atoms with van der Waals surface area (Å²) in [6.07, 6.45) is 2.87. The van der Waals surface area contributed by atoms with Crippen LogP contribution in [0.2, 0.25) is 0 Å². The molecule has 2 aromatic heterocycles. The first-order chi connectivity index (χ1) is 20.6. The van der Waals surface area contributed by atoms with Crippen molar-refractivity contribution in [3.05, 3.63) is 101 Å². The van der Waals surface area contributed by atoms with Crippen LogP contribution in [-0.4, -0.2) is 73.6 Å². The van der Waals surface area contributed by atoms with Gasteiger partial charge in [0.1, 0.15) is 11.4 Å². The molecule has 0 aliphatic carbocycles. The van der Waals surface area contributed by atoms with E-state index in [4.69, 9.17) is 0 Å². The molecule has 2 aromatic carbocycles. The fraction of sp³-hybridized carbons (Fsp3) is 0.194. The Balaban J connectivity index is 1.55. The van der Waals surface area contributed by atoms with Crippen molar-refractivity contribution in [2.45, 2.75) is 11.8 Å². The molecule has 4 aromatic rings. The Kier molecular flexibility index (Phi) is 10.2. The number of phenolic OH excluding ortho intramolecular Hbond substituents is 1. The van der Waals surface area contributed by atoms with Gasteiger partial charge in [0.15, 0.2) is 0 Å². The molecule has 220 valence electrons. The van der Waals surface area contributed by atoms with Crippen molar-refractivity contribution in [3.63, 3.8) is 0 Å². The van der Waals surface area contributed by atoms with Gasteiger partial charge in [0.25, 0.3) is 11.8 Å². The number of aliphatic hydroxyl groups excluding tert-OH is 1. The van der Waals surface area contributed by atoms with Gasteiger partial charge in [-0.2, -0.15) is 9.46 Å². The first kappa shape index (κ1) is 30.8. The molecule has 0 unspecified atom stereocenters. The van der Waals surface area contributed by atoms with E-state index in [0.29, 0.717) is 27.4 Å². The molecule has 0 fully saturated rings. The number of aryl methyl sites for hydroxylation is 2. The fourth-order valence-corrected chi connectivity index (χ4v) is 5.56. The average Bonchev–Trinajstić information content (AvgIpc) is 3.34. The number of aromatic hydroxyl groups is 1. The standard InChI is InChI=1S/C31H30N6O5S/c1-21-15-26(37(3)34-21)31(42)33-25-8-6-7-22(17-25)11-12-23-16-24(19-32-18-23)30(41)35-43(20-29(40)36(2)13-14-38)28-10-5-4-9-27(28)39/h4-10,15-19,38-39H,13-14,20H2,1-3H3,(H,33,42)/t43-/m0/s1. The Hall–Kier alpha value is -5.12. The molecule has 11 nitrogen and oxygen atoms in total. The number of nitrogens with one attached hydrogen (secondary N) is 1. The number of para-hydroxylation sites is 1. The minimum Gasteiger partial charge on any atom is -0.507 e. The monoisotopic (exact) mass is 598 g/mol. The highest BCUT2D eigenvalue weighted by molar-refractivity contribution is 7.88. The number of hydrogen-bond acceptors (Lipinski definition) is 7. The van der Waals surface area contributed by atoms with E-state index in [2.05, 4.69) is 31.6 Å². The van der Waals surface area contributed by atoms with Gasteiger partial charge >= 0.3 is 0 Å². The fourth-order valence-electron chi connectivity index (χ4n) is 3.93. The average molecular weight is 599 g/mol. The summed E-state index contributed by atoms with van der Waals surface area (Å²) in [6.45, 7) is 1.74. The Labute approximate surface area is 251 Å². The summed E-state index contributed by atoms with van der Waals surface area (Å²) in [4.78, 5) is 44.4. The van der Waals surface area contributed by atoms with Gasteiger partial charge in [-0.3, -0.25) is 24.0 Å². The van der Waals surface area contributed by atoms with Crippen LogP contribution in [0.1, 0.15) is 37.7 Å². The summed E-state index contributed by atoms with van der Waals surface area (Å²) in [7, 11) is 1.95. The van der Waals surface area contributed by atoms with Crippen molar-refractivity contribution in [2.75, 3.05) is 31.3 Å². The van der Waals surface area contributed by atoms with Crippen molar-refractivity contribution < 1.29 is 24.6 Å². The van der Waals surface area contributed by atoms with Crippen LogP contribution >= 0.6 is 0 Å². The lowest BCUT2D eigenvalue weighted by molar-refractivity contribution is -0.127. The van der Waals surface area contributed by atoms with Gasteiger partial charge in [0, 0.05) is 49.8 Å². The van der Waals surface area contributed by atoms with E-state index in [-0.39, 0.29) is 42.0 Å². The highest BCUT2D eigenvalue weighted by Gasteiger charge is 2.18. The molecule has 1 atom stereocenters. The molecule has 4 rings (SSSR count). The molecule has 3 N–H and O–H groups in total. The number of carbonyl (C=O) groups excluding carboxylic acids is 3. The number of benzene rings is 2. The van der Waals surface area contributed by atoms with Crippen LogP contribution in [0.25, 0.3) is 0 Å². The zero-order chi connectivity index (χ0) is 30.9. The highest BCUT2D eigenvalue weighted by atomic mass is 32.2. The second-order valence-electron chi connectivity index (χ2n) is 9.45. The van der Waals surface area contributed by atoms with Gasteiger partial charge in [0.05, 0.1) is 28.5 Å². The Morgan fingerprint density at radius 2 is 1.81 bits per heavy atom. The van der Waals surface area contributed by atoms with Crippen LogP contribution in [0.5, 0.6) is 5.75 Å². The Morgan fingerprint density at radius 1 is 1.05 bits per heavy atom. The maximum absolute atomic E-state index is 13.2. The first-order valence-electron chi connectivity index (χ1n) is 13.1. The predicted molar refractivity (Wildman–Crippen MR) is 163 cm³/mol. The van der Waals surface area contributed by atoms with E-state index in [9.17, 15) is 24.6 Å². The number of hydrogen-bond donors (Lipinski definition) is 3. The maximum Gasteiger partial charge on any atom is 0.284 e. The first-order valence-corrected chi connectivity index (χ1v) is 14.5. The molecule has 3 amide bonds. The summed E-state index contributed by atoms with van der Waals surface area (Å²) in [5, 5.41) is 26.6. The van der Waals surface area contributed by atoms with Crippen LogP contribution in [0.4, 0.5) is 5.69 Å². The number of likely N-dealkylation sites (N-methyl/N-ethyl adjacent to an activating group) is 1. The van der Waals surface area contributed by atoms with Crippen LogP contribution in [0.3, 0.4) is 0 Å². The molecule has 0 spiro atoms. The van der Waals surface area contributed by atoms with Crippen molar-refractivity contribution in [2.24, 2.45) is 11.4 Å². The Bertz CT molecular complexity index is 1770. The third-order valence-electron chi connectivity index (χ3n) is 6.12. The van der Waals surface area contributed by atoms with Crippen molar-refractivity contribution in [1.29, 1.82) is 0 Å². The number of aliphatic hydroxyl groups is 1. The number of aromatic nitrogens is 3. The molecular formula is C31H30N6O5S. The molecule has 0 saturated carbocycles. The lowest BCUT2D eigenvalue weighted by atomic mass is 10.1. The molecule has 0 aliphatic heterocycles. The second kappa shape index (κ2) is 14.2. The lowest BCUT2D eigenvalue weighted by Gasteiger charge is -2.17. The zero-order valence-corrected chi connectivity index (χ0v) is 24.6. The molecular weight excluding hydrogens is 568 g/mol. The third-order valence-corrected chi connectivity index (χ3v) is 7.88. The van der Waals surface area contributed by atoms with E-state index >= 15 is 0 Å². The third kappa shape index (κ3) is 8.22. The van der Waals surface area contributed by atoms with Gasteiger partial charge in [0.2, 0.25) is 5.91 Å². The van der Waals surface area contributed by atoms with Crippen molar-refractivity contribution >= 4 is 34.1 Å². The van der Waals surface area contributed by atoms with Gasteiger partial charge in [-0.15, -0.1) is 0 Å². The molecule has 0 bridgehead atoms. The van der Waals surface area contributed by atoms with Crippen molar-refractivity contribution in [3.8, 4) is 17.6 Å². The predicted octanol–water partition coefficient (Wildman–Crippen LogP) is 2.93. The van der Waals surface area contributed by atoms with E-state index in [1.54, 1.807) is 68.7 Å². The minimum absolute atomic E-state index is 0.0772. The molecule has 2 heterocycles. The maximum atomic E-state index is 13.2. The normalized spacial score (nSPS) is 11.3. The van der Waals surface area contributed by atoms with Crippen molar-refractivity contribution in [1.82, 2.24) is 19.7 Å². The van der Waals surface area contributed by atoms with Crippen LogP contribution in [0, 0.1) is 18.8 Å². The summed E-state index contributed by atoms with van der Waals surface area (Å²) >= 11 is 0. The SMILES string of the molecule is Cc1cc(C(=O)Nc2cccc(C#Cc3cncc(C(=O)N=[S@@](CC(=O)N(C)CCO)c4ccccc4O)c3)c2)n(C)n1. The zero-order valence-electron chi connectivity index (χ0n) is 23.8. The number of pyridine rings is 1. The van der Waals surface area contributed by atoms with Gasteiger partial charge in [-0.1, -0.05) is 30.0 Å². The Morgan fingerprint density at radius 3 is 2.53 bits per heavy atom. The summed E-state index contributed by atoms with van der Waals surface area (Å²) < 4.78 is 5.79. The number of amides is 3. The number of nitrogens with zero attached hydrogens (tertiary/aromatic N) is 5. The lowest BCUT2D eigenvalue weighted by Crippen LogP contribution is -2.33. The quantitative estimate of drug-likeness (QED) is 0.264. The number of anilines is 1. The van der Waals surface area contributed by atoms with Crippen LogP contribution < -0.4 is 5.32 Å². The molecule has 12 heteroatoms. The molecule has 0 saturated heterocycles.